The van der Waals surface area contributed by atoms with E-state index in [9.17, 15) is 13.2 Å². The van der Waals surface area contributed by atoms with E-state index in [1.165, 1.54) is 31.8 Å². The van der Waals surface area contributed by atoms with Gasteiger partial charge in [-0.25, -0.2) is 12.7 Å². The van der Waals surface area contributed by atoms with Crippen molar-refractivity contribution in [3.05, 3.63) is 59.7 Å². The standard InChI is InChI=1S/C21H26N2O4S/c1-5-16-7-9-17(10-8-16)11-14-21(24)22-18-12-13-19(27-6-2)20(15-18)28(25,26)23(3)4/h7-15H,5-6H2,1-4H3,(H,22,24)/b14-11+. The molecule has 0 heterocycles. The largest absolute Gasteiger partial charge is 0.492 e. The van der Waals surface area contributed by atoms with Gasteiger partial charge in [-0.15, -0.1) is 0 Å². The van der Waals surface area contributed by atoms with Crippen LogP contribution in [0.4, 0.5) is 5.69 Å². The van der Waals surface area contributed by atoms with Gasteiger partial charge in [-0.2, -0.15) is 0 Å². The Labute approximate surface area is 166 Å². The molecule has 0 aliphatic rings. The fourth-order valence-corrected chi connectivity index (χ4v) is 3.53. The third-order valence-electron chi connectivity index (χ3n) is 4.08. The average Bonchev–Trinajstić information content (AvgIpc) is 2.68. The average molecular weight is 403 g/mol. The lowest BCUT2D eigenvalue weighted by Crippen LogP contribution is -2.23. The molecule has 0 aliphatic carbocycles. The Morgan fingerprint density at radius 1 is 1.11 bits per heavy atom. The zero-order valence-corrected chi connectivity index (χ0v) is 17.4. The second kappa shape index (κ2) is 9.52. The number of carbonyl (C=O) groups excluding carboxylic acids is 1. The summed E-state index contributed by atoms with van der Waals surface area (Å²) in [5.74, 6) is -0.0994. The molecule has 0 atom stereocenters. The van der Waals surface area contributed by atoms with Crippen molar-refractivity contribution in [3.63, 3.8) is 0 Å². The van der Waals surface area contributed by atoms with E-state index in [0.29, 0.717) is 12.3 Å². The molecule has 28 heavy (non-hydrogen) atoms. The highest BCUT2D eigenvalue weighted by Gasteiger charge is 2.23. The van der Waals surface area contributed by atoms with Crippen molar-refractivity contribution in [3.8, 4) is 5.75 Å². The van der Waals surface area contributed by atoms with Crippen molar-refractivity contribution in [2.75, 3.05) is 26.0 Å². The van der Waals surface area contributed by atoms with E-state index in [2.05, 4.69) is 12.2 Å². The fraction of sp³-hybridized carbons (Fsp3) is 0.286. The van der Waals surface area contributed by atoms with Crippen molar-refractivity contribution in [2.45, 2.75) is 25.2 Å². The quantitative estimate of drug-likeness (QED) is 0.685. The zero-order chi connectivity index (χ0) is 20.7. The number of hydrogen-bond acceptors (Lipinski definition) is 4. The maximum absolute atomic E-state index is 12.5. The summed E-state index contributed by atoms with van der Waals surface area (Å²) in [7, 11) is -0.816. The minimum atomic E-state index is -3.71. The lowest BCUT2D eigenvalue weighted by Gasteiger charge is -2.16. The molecule has 0 fully saturated rings. The molecule has 0 bridgehead atoms. The van der Waals surface area contributed by atoms with Gasteiger partial charge in [-0.1, -0.05) is 31.2 Å². The summed E-state index contributed by atoms with van der Waals surface area (Å²) in [5.41, 5.74) is 2.51. The highest BCUT2D eigenvalue weighted by molar-refractivity contribution is 7.89. The summed E-state index contributed by atoms with van der Waals surface area (Å²) >= 11 is 0. The predicted molar refractivity (Wildman–Crippen MR) is 112 cm³/mol. The van der Waals surface area contributed by atoms with Gasteiger partial charge in [0.2, 0.25) is 15.9 Å². The van der Waals surface area contributed by atoms with Gasteiger partial charge >= 0.3 is 0 Å². The van der Waals surface area contributed by atoms with Crippen LogP contribution < -0.4 is 10.1 Å². The molecule has 2 aromatic carbocycles. The van der Waals surface area contributed by atoms with E-state index in [-0.39, 0.29) is 16.6 Å². The Bertz CT molecular complexity index is 949. The molecule has 0 unspecified atom stereocenters. The van der Waals surface area contributed by atoms with Gasteiger partial charge in [0.15, 0.2) is 0 Å². The second-order valence-electron chi connectivity index (χ2n) is 6.30. The summed E-state index contributed by atoms with van der Waals surface area (Å²) in [6, 6.07) is 12.5. The van der Waals surface area contributed by atoms with E-state index < -0.39 is 10.0 Å². The summed E-state index contributed by atoms with van der Waals surface area (Å²) < 4.78 is 31.6. The van der Waals surface area contributed by atoms with E-state index >= 15 is 0 Å². The SMILES string of the molecule is CCOc1ccc(NC(=O)/C=C/c2ccc(CC)cc2)cc1S(=O)(=O)N(C)C. The van der Waals surface area contributed by atoms with E-state index in [1.54, 1.807) is 25.1 Å². The first-order valence-corrected chi connectivity index (χ1v) is 10.5. The van der Waals surface area contributed by atoms with Crippen LogP contribution in [-0.2, 0) is 21.2 Å². The number of benzene rings is 2. The Kier molecular flexibility index (Phi) is 7.37. The number of nitrogens with zero attached hydrogens (tertiary/aromatic N) is 1. The second-order valence-corrected chi connectivity index (χ2v) is 8.42. The van der Waals surface area contributed by atoms with Gasteiger partial charge in [-0.05, 0) is 48.7 Å². The summed E-state index contributed by atoms with van der Waals surface area (Å²) in [4.78, 5) is 12.2. The highest BCUT2D eigenvalue weighted by Crippen LogP contribution is 2.29. The number of amides is 1. The number of carbonyl (C=O) groups is 1. The molecule has 6 nitrogen and oxygen atoms in total. The van der Waals surface area contributed by atoms with Crippen LogP contribution in [0, 0.1) is 0 Å². The molecule has 2 rings (SSSR count). The van der Waals surface area contributed by atoms with E-state index in [0.717, 1.165) is 16.3 Å². The monoisotopic (exact) mass is 402 g/mol. The summed E-state index contributed by atoms with van der Waals surface area (Å²) in [5, 5.41) is 2.69. The Balaban J connectivity index is 2.20. The number of nitrogens with one attached hydrogen (secondary N) is 1. The predicted octanol–water partition coefficient (Wildman–Crippen LogP) is 3.55. The minimum Gasteiger partial charge on any atom is -0.492 e. The van der Waals surface area contributed by atoms with Crippen LogP contribution in [0.1, 0.15) is 25.0 Å². The lowest BCUT2D eigenvalue weighted by molar-refractivity contribution is -0.111. The highest BCUT2D eigenvalue weighted by atomic mass is 32.2. The van der Waals surface area contributed by atoms with Crippen molar-refractivity contribution < 1.29 is 17.9 Å². The molecule has 0 aliphatic heterocycles. The van der Waals surface area contributed by atoms with Crippen LogP contribution in [0.25, 0.3) is 6.08 Å². The van der Waals surface area contributed by atoms with Gasteiger partial charge in [0.05, 0.1) is 6.61 Å². The molecule has 1 amide bonds. The third kappa shape index (κ3) is 5.43. The number of aryl methyl sites for hydroxylation is 1. The Morgan fingerprint density at radius 2 is 1.79 bits per heavy atom. The van der Waals surface area contributed by atoms with Gasteiger partial charge in [0.1, 0.15) is 10.6 Å². The van der Waals surface area contributed by atoms with Crippen molar-refractivity contribution in [1.29, 1.82) is 0 Å². The molecule has 2 aromatic rings. The van der Waals surface area contributed by atoms with Crippen LogP contribution in [-0.4, -0.2) is 39.3 Å². The van der Waals surface area contributed by atoms with Gasteiger partial charge in [0, 0.05) is 25.9 Å². The first-order chi connectivity index (χ1) is 13.3. The molecule has 0 aromatic heterocycles. The number of rotatable bonds is 8. The zero-order valence-electron chi connectivity index (χ0n) is 16.6. The van der Waals surface area contributed by atoms with Crippen molar-refractivity contribution in [2.24, 2.45) is 0 Å². The first-order valence-electron chi connectivity index (χ1n) is 9.05. The topological polar surface area (TPSA) is 75.7 Å². The van der Waals surface area contributed by atoms with Crippen LogP contribution in [0.2, 0.25) is 0 Å². The molecule has 0 saturated carbocycles. The van der Waals surface area contributed by atoms with Crippen molar-refractivity contribution in [1.82, 2.24) is 4.31 Å². The number of hydrogen-bond donors (Lipinski definition) is 1. The lowest BCUT2D eigenvalue weighted by atomic mass is 10.1. The fourth-order valence-electron chi connectivity index (χ4n) is 2.48. The van der Waals surface area contributed by atoms with Crippen LogP contribution >= 0.6 is 0 Å². The smallest absolute Gasteiger partial charge is 0.248 e. The molecule has 0 spiro atoms. The molecule has 1 N–H and O–H groups in total. The van der Waals surface area contributed by atoms with Crippen molar-refractivity contribution >= 4 is 27.7 Å². The molecule has 0 saturated heterocycles. The number of anilines is 1. The van der Waals surface area contributed by atoms with Crippen LogP contribution in [0.15, 0.2) is 53.4 Å². The Hall–Kier alpha value is -2.64. The first kappa shape index (κ1) is 21.7. The van der Waals surface area contributed by atoms with E-state index in [4.69, 9.17) is 4.74 Å². The molecule has 7 heteroatoms. The minimum absolute atomic E-state index is 0.0104. The van der Waals surface area contributed by atoms with Gasteiger partial charge in [-0.3, -0.25) is 4.79 Å². The van der Waals surface area contributed by atoms with E-state index in [1.807, 2.05) is 24.3 Å². The van der Waals surface area contributed by atoms with Crippen LogP contribution in [0.5, 0.6) is 5.75 Å². The van der Waals surface area contributed by atoms with Crippen LogP contribution in [0.3, 0.4) is 0 Å². The number of ether oxygens (including phenoxy) is 1. The molecular weight excluding hydrogens is 376 g/mol. The number of sulfonamides is 1. The maximum atomic E-state index is 12.5. The third-order valence-corrected chi connectivity index (χ3v) is 5.92. The summed E-state index contributed by atoms with van der Waals surface area (Å²) in [6.07, 6.45) is 4.08. The van der Waals surface area contributed by atoms with Gasteiger partial charge < -0.3 is 10.1 Å². The molecule has 0 radical (unpaired) electrons. The van der Waals surface area contributed by atoms with Gasteiger partial charge in [0.25, 0.3) is 0 Å². The summed E-state index contributed by atoms with van der Waals surface area (Å²) in [6.45, 7) is 4.20. The molecule has 150 valence electrons. The Morgan fingerprint density at radius 3 is 2.36 bits per heavy atom. The maximum Gasteiger partial charge on any atom is 0.248 e. The normalized spacial score (nSPS) is 11.8. The molecular formula is C21H26N2O4S.